The molecule has 0 fully saturated rings. The monoisotopic (exact) mass is 194 g/mol. The summed E-state index contributed by atoms with van der Waals surface area (Å²) >= 11 is 0.864. The molecule has 1 heterocycles. The summed E-state index contributed by atoms with van der Waals surface area (Å²) in [4.78, 5) is 3.90. The van der Waals surface area contributed by atoms with E-state index >= 15 is 0 Å². The predicted molar refractivity (Wildman–Crippen MR) is 51.9 cm³/mol. The second kappa shape index (κ2) is 3.14. The van der Waals surface area contributed by atoms with Gasteiger partial charge in [-0.1, -0.05) is 41.7 Å². The second-order valence-electron chi connectivity index (χ2n) is 2.54. The van der Waals surface area contributed by atoms with E-state index in [-0.39, 0.29) is 10.3 Å². The first kappa shape index (κ1) is 8.19. The van der Waals surface area contributed by atoms with Crippen LogP contribution in [0.4, 0.5) is 9.52 Å². The zero-order valence-electron chi connectivity index (χ0n) is 6.70. The molecular formula is C9H7FN2S. The molecule has 1 aromatic heterocycles. The Kier molecular flexibility index (Phi) is 1.98. The Morgan fingerprint density at radius 3 is 2.46 bits per heavy atom. The summed E-state index contributed by atoms with van der Waals surface area (Å²) in [6, 6.07) is 9.15. The molecule has 2 rings (SSSR count). The van der Waals surface area contributed by atoms with Crippen LogP contribution in [0.2, 0.25) is 0 Å². The predicted octanol–water partition coefficient (Wildman–Crippen LogP) is 2.53. The Labute approximate surface area is 78.9 Å². The Morgan fingerprint density at radius 1 is 1.23 bits per heavy atom. The van der Waals surface area contributed by atoms with Crippen LogP contribution in [0.1, 0.15) is 0 Å². The quantitative estimate of drug-likeness (QED) is 0.757. The average molecular weight is 194 g/mol. The summed E-state index contributed by atoms with van der Waals surface area (Å²) < 4.78 is 13.2. The highest BCUT2D eigenvalue weighted by molar-refractivity contribution is 7.14. The minimum atomic E-state index is -0.330. The normalized spacial score (nSPS) is 10.2. The summed E-state index contributed by atoms with van der Waals surface area (Å²) in [5, 5.41) is -0.0694. The molecule has 66 valence electrons. The Bertz CT molecular complexity index is 411. The topological polar surface area (TPSA) is 38.9 Å². The Morgan fingerprint density at radius 2 is 1.92 bits per heavy atom. The smallest absolute Gasteiger partial charge is 0.206 e. The van der Waals surface area contributed by atoms with Gasteiger partial charge in [0.05, 0.1) is 0 Å². The standard InChI is InChI=1S/C9H7FN2S/c10-8-7(12-9(11)13-8)6-4-2-1-3-5-6/h1-5H,(H2,11,12). The van der Waals surface area contributed by atoms with Crippen molar-refractivity contribution in [3.05, 3.63) is 35.5 Å². The Hall–Kier alpha value is -1.42. The fraction of sp³-hybridized carbons (Fsp3) is 0. The van der Waals surface area contributed by atoms with Gasteiger partial charge < -0.3 is 5.73 Å². The van der Waals surface area contributed by atoms with Crippen molar-refractivity contribution in [3.63, 3.8) is 0 Å². The maximum atomic E-state index is 13.2. The molecule has 0 bridgehead atoms. The first-order chi connectivity index (χ1) is 6.27. The summed E-state index contributed by atoms with van der Waals surface area (Å²) in [5.74, 6) is 0. The van der Waals surface area contributed by atoms with E-state index in [1.807, 2.05) is 18.2 Å². The van der Waals surface area contributed by atoms with E-state index < -0.39 is 0 Å². The molecule has 0 saturated carbocycles. The number of nitrogens with two attached hydrogens (primary N) is 1. The van der Waals surface area contributed by atoms with Crippen LogP contribution in [0.25, 0.3) is 11.3 Å². The van der Waals surface area contributed by atoms with Gasteiger partial charge in [0.25, 0.3) is 0 Å². The van der Waals surface area contributed by atoms with Gasteiger partial charge in [-0.15, -0.1) is 0 Å². The lowest BCUT2D eigenvalue weighted by Crippen LogP contribution is -1.83. The first-order valence-electron chi connectivity index (χ1n) is 3.74. The van der Waals surface area contributed by atoms with Gasteiger partial charge in [-0.05, 0) is 0 Å². The van der Waals surface area contributed by atoms with Crippen molar-refractivity contribution >= 4 is 16.5 Å². The fourth-order valence-electron chi connectivity index (χ4n) is 1.09. The van der Waals surface area contributed by atoms with Gasteiger partial charge in [-0.25, -0.2) is 4.98 Å². The summed E-state index contributed by atoms with van der Waals surface area (Å²) in [5.41, 5.74) is 6.48. The third kappa shape index (κ3) is 1.53. The van der Waals surface area contributed by atoms with E-state index in [2.05, 4.69) is 4.98 Å². The number of hydrogen-bond acceptors (Lipinski definition) is 3. The number of nitrogen functional groups attached to an aromatic ring is 1. The molecule has 0 saturated heterocycles. The third-order valence-electron chi connectivity index (χ3n) is 1.65. The van der Waals surface area contributed by atoms with E-state index in [4.69, 9.17) is 5.73 Å². The Balaban J connectivity index is 2.53. The molecule has 2 aromatic rings. The van der Waals surface area contributed by atoms with Gasteiger partial charge in [0, 0.05) is 5.56 Å². The zero-order valence-corrected chi connectivity index (χ0v) is 7.51. The highest BCUT2D eigenvalue weighted by Gasteiger charge is 2.09. The van der Waals surface area contributed by atoms with Crippen LogP contribution in [0.3, 0.4) is 0 Å². The molecular weight excluding hydrogens is 187 g/mol. The maximum absolute atomic E-state index is 13.2. The molecule has 0 atom stereocenters. The number of anilines is 1. The lowest BCUT2D eigenvalue weighted by molar-refractivity contribution is 0.657. The summed E-state index contributed by atoms with van der Waals surface area (Å²) in [6.07, 6.45) is 0. The van der Waals surface area contributed by atoms with E-state index in [9.17, 15) is 4.39 Å². The summed E-state index contributed by atoms with van der Waals surface area (Å²) in [6.45, 7) is 0. The fourth-order valence-corrected chi connectivity index (χ4v) is 1.67. The van der Waals surface area contributed by atoms with Crippen molar-refractivity contribution in [1.29, 1.82) is 0 Å². The van der Waals surface area contributed by atoms with Crippen molar-refractivity contribution < 1.29 is 4.39 Å². The molecule has 0 aliphatic rings. The lowest BCUT2D eigenvalue weighted by atomic mass is 10.2. The number of aromatic nitrogens is 1. The summed E-state index contributed by atoms with van der Waals surface area (Å²) in [7, 11) is 0. The van der Waals surface area contributed by atoms with Gasteiger partial charge in [0.1, 0.15) is 5.69 Å². The largest absolute Gasteiger partial charge is 0.375 e. The molecule has 1 aromatic carbocycles. The first-order valence-corrected chi connectivity index (χ1v) is 4.56. The molecule has 0 radical (unpaired) electrons. The molecule has 2 nitrogen and oxygen atoms in total. The molecule has 0 unspecified atom stereocenters. The molecule has 4 heteroatoms. The van der Waals surface area contributed by atoms with Crippen LogP contribution in [-0.4, -0.2) is 4.98 Å². The minimum absolute atomic E-state index is 0.261. The van der Waals surface area contributed by atoms with Crippen LogP contribution in [-0.2, 0) is 0 Å². The van der Waals surface area contributed by atoms with E-state index in [1.165, 1.54) is 0 Å². The molecule has 0 aliphatic carbocycles. The van der Waals surface area contributed by atoms with Crippen molar-refractivity contribution in [1.82, 2.24) is 4.98 Å². The maximum Gasteiger partial charge on any atom is 0.206 e. The van der Waals surface area contributed by atoms with E-state index in [0.717, 1.165) is 16.9 Å². The molecule has 0 spiro atoms. The van der Waals surface area contributed by atoms with Gasteiger partial charge in [0.2, 0.25) is 5.13 Å². The average Bonchev–Trinajstić information content (AvgIpc) is 2.47. The number of halogens is 1. The van der Waals surface area contributed by atoms with Crippen LogP contribution in [0, 0.1) is 5.13 Å². The van der Waals surface area contributed by atoms with E-state index in [0.29, 0.717) is 5.69 Å². The van der Waals surface area contributed by atoms with E-state index in [1.54, 1.807) is 12.1 Å². The van der Waals surface area contributed by atoms with Crippen molar-refractivity contribution in [3.8, 4) is 11.3 Å². The molecule has 2 N–H and O–H groups in total. The zero-order chi connectivity index (χ0) is 9.26. The second-order valence-corrected chi connectivity index (χ2v) is 3.52. The van der Waals surface area contributed by atoms with Crippen LogP contribution in [0.5, 0.6) is 0 Å². The van der Waals surface area contributed by atoms with Crippen LogP contribution in [0.15, 0.2) is 30.3 Å². The number of benzene rings is 1. The number of hydrogen-bond donors (Lipinski definition) is 1. The van der Waals surface area contributed by atoms with Crippen LogP contribution >= 0.6 is 11.3 Å². The third-order valence-corrected chi connectivity index (χ3v) is 2.32. The van der Waals surface area contributed by atoms with Crippen LogP contribution < -0.4 is 5.73 Å². The van der Waals surface area contributed by atoms with Gasteiger partial charge in [-0.3, -0.25) is 0 Å². The van der Waals surface area contributed by atoms with Crippen molar-refractivity contribution in [2.75, 3.05) is 5.73 Å². The SMILES string of the molecule is Nc1nc(-c2ccccc2)c(F)s1. The van der Waals surface area contributed by atoms with Gasteiger partial charge in [-0.2, -0.15) is 4.39 Å². The lowest BCUT2D eigenvalue weighted by Gasteiger charge is -1.94. The van der Waals surface area contributed by atoms with Crippen molar-refractivity contribution in [2.45, 2.75) is 0 Å². The highest BCUT2D eigenvalue weighted by atomic mass is 32.1. The highest BCUT2D eigenvalue weighted by Crippen LogP contribution is 2.27. The molecule has 0 aliphatic heterocycles. The molecule has 13 heavy (non-hydrogen) atoms. The number of nitrogens with zero attached hydrogens (tertiary/aromatic N) is 1. The minimum Gasteiger partial charge on any atom is -0.375 e. The number of thiazole rings is 1. The van der Waals surface area contributed by atoms with Gasteiger partial charge >= 0.3 is 0 Å². The van der Waals surface area contributed by atoms with Crippen molar-refractivity contribution in [2.24, 2.45) is 0 Å². The number of rotatable bonds is 1. The van der Waals surface area contributed by atoms with Gasteiger partial charge in [0.15, 0.2) is 5.13 Å². The molecule has 0 amide bonds.